The molecule has 0 aliphatic heterocycles. The molecule has 0 unspecified atom stereocenters. The average molecular weight is 532 g/mol. The highest BCUT2D eigenvalue weighted by Crippen LogP contribution is 2.25. The summed E-state index contributed by atoms with van der Waals surface area (Å²) >= 11 is 9.18. The van der Waals surface area contributed by atoms with Crippen molar-refractivity contribution in [3.05, 3.63) is 97.5 Å². The van der Waals surface area contributed by atoms with Crippen molar-refractivity contribution < 1.29 is 19.2 Å². The molecule has 3 rings (SSSR count). The van der Waals surface area contributed by atoms with Gasteiger partial charge in [0.05, 0.1) is 15.6 Å². The van der Waals surface area contributed by atoms with Crippen LogP contribution in [-0.2, 0) is 4.79 Å². The Labute approximate surface area is 201 Å². The Morgan fingerprint density at radius 2 is 1.88 bits per heavy atom. The van der Waals surface area contributed by atoms with Gasteiger partial charge in [0.1, 0.15) is 5.75 Å². The van der Waals surface area contributed by atoms with Crippen LogP contribution in [0.1, 0.15) is 15.9 Å². The number of carbonyl (C=O) groups excluding carboxylic acids is 2. The van der Waals surface area contributed by atoms with E-state index in [1.807, 2.05) is 0 Å². The van der Waals surface area contributed by atoms with Crippen molar-refractivity contribution in [3.8, 4) is 5.75 Å². The molecule has 0 radical (unpaired) electrons. The SMILES string of the molecule is O=C(COc1ccc(/C=N/NC(=O)c2cccc([N+](=O)[O-])c2)cc1Br)Nc1ccc(Cl)cc1. The summed E-state index contributed by atoms with van der Waals surface area (Å²) in [6.45, 7) is -0.200. The predicted molar refractivity (Wildman–Crippen MR) is 128 cm³/mol. The maximum absolute atomic E-state index is 12.1. The van der Waals surface area contributed by atoms with E-state index in [2.05, 4.69) is 31.8 Å². The average Bonchev–Trinajstić information content (AvgIpc) is 2.80. The first-order valence-electron chi connectivity index (χ1n) is 9.37. The van der Waals surface area contributed by atoms with Crippen LogP contribution in [0.2, 0.25) is 5.02 Å². The molecule has 0 spiro atoms. The van der Waals surface area contributed by atoms with Crippen LogP contribution in [0.5, 0.6) is 5.75 Å². The molecule has 3 aromatic rings. The topological polar surface area (TPSA) is 123 Å². The van der Waals surface area contributed by atoms with Crippen molar-refractivity contribution in [1.82, 2.24) is 5.43 Å². The third-order valence-electron chi connectivity index (χ3n) is 4.14. The zero-order valence-electron chi connectivity index (χ0n) is 16.8. The third-order valence-corrected chi connectivity index (χ3v) is 5.01. The van der Waals surface area contributed by atoms with Crippen LogP contribution >= 0.6 is 27.5 Å². The lowest BCUT2D eigenvalue weighted by Crippen LogP contribution is -2.20. The van der Waals surface area contributed by atoms with Crippen LogP contribution in [0, 0.1) is 10.1 Å². The minimum absolute atomic E-state index is 0.114. The predicted octanol–water partition coefficient (Wildman–Crippen LogP) is 4.79. The third kappa shape index (κ3) is 7.13. The summed E-state index contributed by atoms with van der Waals surface area (Å²) in [4.78, 5) is 34.4. The van der Waals surface area contributed by atoms with Crippen LogP contribution in [0.15, 0.2) is 76.3 Å². The number of hydrogen-bond acceptors (Lipinski definition) is 6. The lowest BCUT2D eigenvalue weighted by atomic mass is 10.2. The van der Waals surface area contributed by atoms with E-state index in [-0.39, 0.29) is 23.8 Å². The second-order valence-corrected chi connectivity index (χ2v) is 7.83. The van der Waals surface area contributed by atoms with E-state index in [0.717, 1.165) is 6.07 Å². The second kappa shape index (κ2) is 11.2. The summed E-state index contributed by atoms with van der Waals surface area (Å²) in [6, 6.07) is 17.0. The highest BCUT2D eigenvalue weighted by Gasteiger charge is 2.11. The van der Waals surface area contributed by atoms with E-state index < -0.39 is 10.8 Å². The van der Waals surface area contributed by atoms with Gasteiger partial charge in [-0.2, -0.15) is 5.10 Å². The Balaban J connectivity index is 1.53. The number of benzene rings is 3. The molecule has 0 saturated carbocycles. The minimum atomic E-state index is -0.583. The second-order valence-electron chi connectivity index (χ2n) is 6.54. The van der Waals surface area contributed by atoms with Crippen LogP contribution in [0.3, 0.4) is 0 Å². The molecule has 0 fully saturated rings. The van der Waals surface area contributed by atoms with Gasteiger partial charge in [-0.25, -0.2) is 5.43 Å². The number of anilines is 1. The number of carbonyl (C=O) groups is 2. The Kier molecular flexibility index (Phi) is 8.11. The van der Waals surface area contributed by atoms with Gasteiger partial charge in [0.2, 0.25) is 0 Å². The number of nitro benzene ring substituents is 1. The Morgan fingerprint density at radius 3 is 2.58 bits per heavy atom. The van der Waals surface area contributed by atoms with Gasteiger partial charge in [0.25, 0.3) is 17.5 Å². The Hall–Kier alpha value is -3.76. The number of hydrazone groups is 1. The van der Waals surface area contributed by atoms with Gasteiger partial charge in [-0.1, -0.05) is 17.7 Å². The summed E-state index contributed by atoms with van der Waals surface area (Å²) in [6.07, 6.45) is 1.40. The van der Waals surface area contributed by atoms with Gasteiger partial charge in [-0.3, -0.25) is 19.7 Å². The standard InChI is InChI=1S/C22H16BrClN4O5/c23-19-10-14(12-25-27-22(30)15-2-1-3-18(11-15)28(31)32)4-9-20(19)33-13-21(29)26-17-7-5-16(24)6-8-17/h1-12H,13H2,(H,26,29)(H,27,30)/b25-12+. The van der Waals surface area contributed by atoms with E-state index in [1.54, 1.807) is 42.5 Å². The zero-order chi connectivity index (χ0) is 23.8. The zero-order valence-corrected chi connectivity index (χ0v) is 19.2. The van der Waals surface area contributed by atoms with E-state index in [4.69, 9.17) is 16.3 Å². The van der Waals surface area contributed by atoms with Crippen molar-refractivity contribution in [1.29, 1.82) is 0 Å². The molecule has 2 N–H and O–H groups in total. The van der Waals surface area contributed by atoms with Crippen LogP contribution in [0.25, 0.3) is 0 Å². The highest BCUT2D eigenvalue weighted by molar-refractivity contribution is 9.10. The van der Waals surface area contributed by atoms with E-state index in [9.17, 15) is 19.7 Å². The number of ether oxygens (including phenoxy) is 1. The number of nitro groups is 1. The molecule has 0 aromatic heterocycles. The lowest BCUT2D eigenvalue weighted by Gasteiger charge is -2.09. The summed E-state index contributed by atoms with van der Waals surface area (Å²) in [5, 5.41) is 17.9. The molecule has 33 heavy (non-hydrogen) atoms. The number of rotatable bonds is 8. The van der Waals surface area contributed by atoms with Gasteiger partial charge in [-0.15, -0.1) is 0 Å². The highest BCUT2D eigenvalue weighted by atomic mass is 79.9. The number of non-ortho nitro benzene ring substituents is 1. The number of halogens is 2. The fraction of sp³-hybridized carbons (Fsp3) is 0.0455. The summed E-state index contributed by atoms with van der Waals surface area (Å²) in [5.41, 5.74) is 3.48. The molecule has 0 bridgehead atoms. The fourth-order valence-electron chi connectivity index (χ4n) is 2.58. The van der Waals surface area contributed by atoms with E-state index >= 15 is 0 Å². The molecule has 0 aliphatic carbocycles. The molecular formula is C22H16BrClN4O5. The molecule has 2 amide bonds. The van der Waals surface area contributed by atoms with Gasteiger partial charge in [-0.05, 0) is 70.0 Å². The van der Waals surface area contributed by atoms with Crippen molar-refractivity contribution in [2.24, 2.45) is 5.10 Å². The smallest absolute Gasteiger partial charge is 0.271 e. The largest absolute Gasteiger partial charge is 0.483 e. The van der Waals surface area contributed by atoms with E-state index in [0.29, 0.717) is 26.5 Å². The van der Waals surface area contributed by atoms with Crippen LogP contribution in [-0.4, -0.2) is 29.6 Å². The Morgan fingerprint density at radius 1 is 1.12 bits per heavy atom. The molecule has 3 aromatic carbocycles. The number of nitrogens with zero attached hydrogens (tertiary/aromatic N) is 2. The van der Waals surface area contributed by atoms with E-state index in [1.165, 1.54) is 24.4 Å². The molecule has 9 nitrogen and oxygen atoms in total. The quantitative estimate of drug-likeness (QED) is 0.246. The number of amides is 2. The van der Waals surface area contributed by atoms with Crippen molar-refractivity contribution in [2.45, 2.75) is 0 Å². The number of nitrogens with one attached hydrogen (secondary N) is 2. The van der Waals surface area contributed by atoms with Crippen molar-refractivity contribution in [2.75, 3.05) is 11.9 Å². The maximum Gasteiger partial charge on any atom is 0.271 e. The molecule has 0 saturated heterocycles. The van der Waals surface area contributed by atoms with Crippen molar-refractivity contribution in [3.63, 3.8) is 0 Å². The minimum Gasteiger partial charge on any atom is -0.483 e. The molecule has 168 valence electrons. The first-order chi connectivity index (χ1) is 15.8. The van der Waals surface area contributed by atoms with Gasteiger partial charge < -0.3 is 10.1 Å². The van der Waals surface area contributed by atoms with Gasteiger partial charge in [0, 0.05) is 28.4 Å². The maximum atomic E-state index is 12.1. The summed E-state index contributed by atoms with van der Waals surface area (Å²) < 4.78 is 6.11. The Bertz CT molecular complexity index is 1220. The normalized spacial score (nSPS) is 10.6. The first-order valence-corrected chi connectivity index (χ1v) is 10.5. The summed E-state index contributed by atoms with van der Waals surface area (Å²) in [5.74, 6) is -0.474. The van der Waals surface area contributed by atoms with Gasteiger partial charge in [0.15, 0.2) is 6.61 Å². The molecule has 11 heteroatoms. The fourth-order valence-corrected chi connectivity index (χ4v) is 3.22. The first kappa shape index (κ1) is 23.9. The molecule has 0 aliphatic rings. The van der Waals surface area contributed by atoms with Crippen molar-refractivity contribution >= 4 is 56.9 Å². The van der Waals surface area contributed by atoms with Crippen LogP contribution < -0.4 is 15.5 Å². The van der Waals surface area contributed by atoms with Gasteiger partial charge >= 0.3 is 0 Å². The monoisotopic (exact) mass is 530 g/mol. The molecule has 0 atom stereocenters. The molecular weight excluding hydrogens is 516 g/mol. The van der Waals surface area contributed by atoms with Crippen LogP contribution in [0.4, 0.5) is 11.4 Å². The summed E-state index contributed by atoms with van der Waals surface area (Å²) in [7, 11) is 0. The number of hydrogen-bond donors (Lipinski definition) is 2. The molecule has 0 heterocycles. The lowest BCUT2D eigenvalue weighted by molar-refractivity contribution is -0.384.